The average Bonchev–Trinajstić information content (AvgIpc) is 3.09. The number of piperazine rings is 1. The fraction of sp³-hybridized carbons (Fsp3) is 0.600. The molecule has 0 radical (unpaired) electrons. The van der Waals surface area contributed by atoms with Gasteiger partial charge in [0.15, 0.2) is 10.4 Å². The van der Waals surface area contributed by atoms with Gasteiger partial charge in [0.1, 0.15) is 0 Å². The van der Waals surface area contributed by atoms with Gasteiger partial charge in [-0.1, -0.05) is 13.8 Å². The second kappa shape index (κ2) is 6.93. The minimum Gasteiger partial charge on any atom is -0.444 e. The van der Waals surface area contributed by atoms with Crippen LogP contribution in [0, 0.1) is 5.92 Å². The van der Waals surface area contributed by atoms with Crippen LogP contribution < -0.4 is 0 Å². The van der Waals surface area contributed by atoms with Crippen molar-refractivity contribution < 1.29 is 8.83 Å². The Balaban J connectivity index is 1.53. The highest BCUT2D eigenvalue weighted by atomic mass is 79.9. The van der Waals surface area contributed by atoms with E-state index in [1.807, 2.05) is 12.1 Å². The highest BCUT2D eigenvalue weighted by Gasteiger charge is 2.20. The Kier molecular flexibility index (Phi) is 4.95. The van der Waals surface area contributed by atoms with Crippen molar-refractivity contribution in [3.8, 4) is 11.7 Å². The maximum atomic E-state index is 5.69. The zero-order valence-electron chi connectivity index (χ0n) is 13.0. The van der Waals surface area contributed by atoms with Crippen molar-refractivity contribution in [1.82, 2.24) is 20.0 Å². The first-order valence-corrected chi connectivity index (χ1v) is 8.42. The van der Waals surface area contributed by atoms with Gasteiger partial charge in [0.05, 0.1) is 6.54 Å². The summed E-state index contributed by atoms with van der Waals surface area (Å²) < 4.78 is 11.8. The second-order valence-electron chi connectivity index (χ2n) is 6.08. The number of hydrogen-bond donors (Lipinski definition) is 0. The lowest BCUT2D eigenvalue weighted by atomic mass is 10.2. The highest BCUT2D eigenvalue weighted by Crippen LogP contribution is 2.24. The van der Waals surface area contributed by atoms with Gasteiger partial charge in [0.2, 0.25) is 5.89 Å². The lowest BCUT2D eigenvalue weighted by molar-refractivity contribution is 0.110. The van der Waals surface area contributed by atoms with E-state index in [2.05, 4.69) is 49.8 Å². The quantitative estimate of drug-likeness (QED) is 0.808. The Bertz CT molecular complexity index is 602. The van der Waals surface area contributed by atoms with Crippen LogP contribution in [-0.2, 0) is 6.54 Å². The first kappa shape index (κ1) is 15.7. The number of halogens is 1. The van der Waals surface area contributed by atoms with Crippen molar-refractivity contribution in [2.45, 2.75) is 20.4 Å². The van der Waals surface area contributed by atoms with Gasteiger partial charge in [-0.15, -0.1) is 10.2 Å². The van der Waals surface area contributed by atoms with E-state index in [0.29, 0.717) is 28.8 Å². The normalized spacial score (nSPS) is 17.5. The maximum Gasteiger partial charge on any atom is 0.283 e. The smallest absolute Gasteiger partial charge is 0.283 e. The summed E-state index contributed by atoms with van der Waals surface area (Å²) in [7, 11) is 0. The van der Waals surface area contributed by atoms with E-state index in [9.17, 15) is 0 Å². The molecule has 7 heteroatoms. The van der Waals surface area contributed by atoms with Crippen LogP contribution in [-0.4, -0.2) is 52.7 Å². The van der Waals surface area contributed by atoms with E-state index in [1.54, 1.807) is 0 Å². The number of rotatable bonds is 5. The van der Waals surface area contributed by atoms with Crippen molar-refractivity contribution in [3.63, 3.8) is 0 Å². The third kappa shape index (κ3) is 3.97. The van der Waals surface area contributed by atoms with Crippen LogP contribution in [0.2, 0.25) is 0 Å². The van der Waals surface area contributed by atoms with Crippen LogP contribution in [0.5, 0.6) is 0 Å². The van der Waals surface area contributed by atoms with Gasteiger partial charge in [0.25, 0.3) is 5.89 Å². The van der Waals surface area contributed by atoms with Gasteiger partial charge in [0, 0.05) is 32.7 Å². The topological polar surface area (TPSA) is 58.5 Å². The molecule has 6 nitrogen and oxygen atoms in total. The van der Waals surface area contributed by atoms with Gasteiger partial charge in [-0.25, -0.2) is 0 Å². The number of aromatic nitrogens is 2. The summed E-state index contributed by atoms with van der Waals surface area (Å²) in [6, 6.07) is 3.62. The molecule has 0 atom stereocenters. The summed E-state index contributed by atoms with van der Waals surface area (Å²) in [5.41, 5.74) is 0. The van der Waals surface area contributed by atoms with Crippen molar-refractivity contribution in [2.75, 3.05) is 32.7 Å². The Labute approximate surface area is 138 Å². The molecule has 3 rings (SSSR count). The Morgan fingerprint density at radius 2 is 1.82 bits per heavy atom. The highest BCUT2D eigenvalue weighted by molar-refractivity contribution is 9.10. The minimum atomic E-state index is 0.430. The standard InChI is InChI=1S/C15H21BrN4O2/c1-11(2)9-19-5-7-20(8-6-19)10-14-17-18-15(22-14)12-3-4-13(16)21-12/h3-4,11H,5-10H2,1-2H3. The number of furan rings is 1. The van der Waals surface area contributed by atoms with E-state index in [-0.39, 0.29) is 0 Å². The van der Waals surface area contributed by atoms with Crippen molar-refractivity contribution in [3.05, 3.63) is 22.7 Å². The number of hydrogen-bond acceptors (Lipinski definition) is 6. The maximum absolute atomic E-state index is 5.69. The van der Waals surface area contributed by atoms with Crippen LogP contribution in [0.4, 0.5) is 0 Å². The van der Waals surface area contributed by atoms with Gasteiger partial charge in [-0.3, -0.25) is 4.90 Å². The molecular weight excluding hydrogens is 348 g/mol. The van der Waals surface area contributed by atoms with Crippen molar-refractivity contribution >= 4 is 15.9 Å². The van der Waals surface area contributed by atoms with Gasteiger partial charge in [-0.05, 0) is 34.0 Å². The van der Waals surface area contributed by atoms with E-state index < -0.39 is 0 Å². The molecule has 0 saturated carbocycles. The van der Waals surface area contributed by atoms with Crippen LogP contribution >= 0.6 is 15.9 Å². The van der Waals surface area contributed by atoms with E-state index in [4.69, 9.17) is 8.83 Å². The molecule has 1 saturated heterocycles. The molecule has 120 valence electrons. The van der Waals surface area contributed by atoms with Gasteiger partial charge < -0.3 is 13.7 Å². The molecule has 0 N–H and O–H groups in total. The first-order chi connectivity index (χ1) is 10.6. The van der Waals surface area contributed by atoms with E-state index >= 15 is 0 Å². The van der Waals surface area contributed by atoms with Crippen LogP contribution in [0.25, 0.3) is 11.7 Å². The summed E-state index contributed by atoms with van der Waals surface area (Å²) in [6.45, 7) is 10.7. The van der Waals surface area contributed by atoms with E-state index in [0.717, 1.165) is 32.1 Å². The van der Waals surface area contributed by atoms with Crippen LogP contribution in [0.1, 0.15) is 19.7 Å². The summed E-state index contributed by atoms with van der Waals surface area (Å²) in [4.78, 5) is 4.87. The Morgan fingerprint density at radius 1 is 1.09 bits per heavy atom. The zero-order valence-corrected chi connectivity index (χ0v) is 14.5. The SMILES string of the molecule is CC(C)CN1CCN(Cc2nnc(-c3ccc(Br)o3)o2)CC1. The Morgan fingerprint density at radius 3 is 2.45 bits per heavy atom. The fourth-order valence-corrected chi connectivity index (χ4v) is 2.99. The van der Waals surface area contributed by atoms with Crippen molar-refractivity contribution in [2.24, 2.45) is 5.92 Å². The van der Waals surface area contributed by atoms with Crippen LogP contribution in [0.15, 0.2) is 25.6 Å². The van der Waals surface area contributed by atoms with E-state index in [1.165, 1.54) is 6.54 Å². The molecule has 0 aliphatic carbocycles. The third-order valence-electron chi connectivity index (χ3n) is 3.70. The monoisotopic (exact) mass is 368 g/mol. The molecule has 0 aromatic carbocycles. The van der Waals surface area contributed by atoms with Crippen LogP contribution in [0.3, 0.4) is 0 Å². The van der Waals surface area contributed by atoms with Gasteiger partial charge in [-0.2, -0.15) is 0 Å². The molecule has 0 bridgehead atoms. The molecule has 2 aromatic rings. The molecule has 3 heterocycles. The zero-order chi connectivity index (χ0) is 15.5. The number of nitrogens with zero attached hydrogens (tertiary/aromatic N) is 4. The minimum absolute atomic E-state index is 0.430. The average molecular weight is 369 g/mol. The lowest BCUT2D eigenvalue weighted by Gasteiger charge is -2.34. The summed E-state index contributed by atoms with van der Waals surface area (Å²) >= 11 is 3.27. The largest absolute Gasteiger partial charge is 0.444 e. The third-order valence-corrected chi connectivity index (χ3v) is 4.12. The molecule has 1 aliphatic heterocycles. The first-order valence-electron chi connectivity index (χ1n) is 7.63. The van der Waals surface area contributed by atoms with Gasteiger partial charge >= 0.3 is 0 Å². The Hall–Kier alpha value is -1.18. The fourth-order valence-electron chi connectivity index (χ4n) is 2.68. The molecular formula is C15H21BrN4O2. The second-order valence-corrected chi connectivity index (χ2v) is 6.86. The summed E-state index contributed by atoms with van der Waals surface area (Å²) in [5, 5.41) is 8.17. The summed E-state index contributed by atoms with van der Waals surface area (Å²) in [6.07, 6.45) is 0. The molecule has 0 unspecified atom stereocenters. The molecule has 0 amide bonds. The molecule has 1 fully saturated rings. The predicted octanol–water partition coefficient (Wildman–Crippen LogP) is 2.87. The molecule has 1 aliphatic rings. The molecule has 22 heavy (non-hydrogen) atoms. The molecule has 0 spiro atoms. The lowest BCUT2D eigenvalue weighted by Crippen LogP contribution is -2.46. The predicted molar refractivity (Wildman–Crippen MR) is 86.3 cm³/mol. The molecule has 2 aromatic heterocycles. The van der Waals surface area contributed by atoms with Crippen molar-refractivity contribution in [1.29, 1.82) is 0 Å². The summed E-state index contributed by atoms with van der Waals surface area (Å²) in [5.74, 6) is 2.38.